The van der Waals surface area contributed by atoms with E-state index in [-0.39, 0.29) is 35.9 Å². The second-order valence-electron chi connectivity index (χ2n) is 7.66. The number of halogens is 1. The molecular formula is C20H40IN5O2. The van der Waals surface area contributed by atoms with Crippen molar-refractivity contribution in [2.75, 3.05) is 60.0 Å². The van der Waals surface area contributed by atoms with E-state index < -0.39 is 0 Å². The Kier molecular flexibility index (Phi) is 12.3. The van der Waals surface area contributed by atoms with Crippen LogP contribution in [-0.2, 0) is 9.53 Å². The van der Waals surface area contributed by atoms with E-state index in [0.29, 0.717) is 6.10 Å². The molecule has 28 heavy (non-hydrogen) atoms. The standard InChI is InChI=1S/C20H39N5O2.HI/c1-5-21-20(25-15-10-17(11-16-25)27-6-2)22-12-8-14-24-13-7-9-18(24)19(26)23(3)4;/h17-18H,5-16H2,1-4H3,(H,21,22);1H. The van der Waals surface area contributed by atoms with Crippen LogP contribution in [0.3, 0.4) is 0 Å². The van der Waals surface area contributed by atoms with Crippen LogP contribution in [0, 0.1) is 0 Å². The zero-order chi connectivity index (χ0) is 19.6. The van der Waals surface area contributed by atoms with E-state index in [9.17, 15) is 4.79 Å². The fourth-order valence-corrected chi connectivity index (χ4v) is 4.03. The lowest BCUT2D eigenvalue weighted by atomic mass is 10.1. The molecule has 1 atom stereocenters. The third-order valence-electron chi connectivity index (χ3n) is 5.43. The molecule has 2 fully saturated rings. The predicted molar refractivity (Wildman–Crippen MR) is 126 cm³/mol. The summed E-state index contributed by atoms with van der Waals surface area (Å²) >= 11 is 0. The topological polar surface area (TPSA) is 60.4 Å². The second-order valence-corrected chi connectivity index (χ2v) is 7.66. The summed E-state index contributed by atoms with van der Waals surface area (Å²) in [6.45, 7) is 10.6. The van der Waals surface area contributed by atoms with Crippen LogP contribution in [0.2, 0.25) is 0 Å². The number of aliphatic imine (C=N–C) groups is 1. The Hall–Kier alpha value is -0.610. The van der Waals surface area contributed by atoms with Gasteiger partial charge in [0.25, 0.3) is 0 Å². The molecule has 8 heteroatoms. The van der Waals surface area contributed by atoms with E-state index in [4.69, 9.17) is 9.73 Å². The number of likely N-dealkylation sites (N-methyl/N-ethyl adjacent to an activating group) is 1. The zero-order valence-corrected chi connectivity index (χ0v) is 20.5. The largest absolute Gasteiger partial charge is 0.378 e. The number of guanidine groups is 1. The van der Waals surface area contributed by atoms with Crippen molar-refractivity contribution >= 4 is 35.8 Å². The second kappa shape index (κ2) is 13.6. The average molecular weight is 509 g/mol. The van der Waals surface area contributed by atoms with Crippen LogP contribution in [0.25, 0.3) is 0 Å². The van der Waals surface area contributed by atoms with E-state index in [1.54, 1.807) is 4.90 Å². The van der Waals surface area contributed by atoms with Crippen LogP contribution >= 0.6 is 24.0 Å². The molecule has 2 saturated heterocycles. The molecule has 0 aromatic rings. The molecule has 0 bridgehead atoms. The molecule has 2 aliphatic rings. The van der Waals surface area contributed by atoms with Gasteiger partial charge >= 0.3 is 0 Å². The minimum atomic E-state index is 0. The molecule has 0 saturated carbocycles. The highest BCUT2D eigenvalue weighted by Gasteiger charge is 2.31. The summed E-state index contributed by atoms with van der Waals surface area (Å²) in [5.41, 5.74) is 0. The first-order chi connectivity index (χ1) is 13.1. The maximum Gasteiger partial charge on any atom is 0.239 e. The SMILES string of the molecule is CCNC(=NCCCN1CCCC1C(=O)N(C)C)N1CCC(OCC)CC1.I. The predicted octanol–water partition coefficient (Wildman–Crippen LogP) is 2.01. The Bertz CT molecular complexity index is 481. The Morgan fingerprint density at radius 3 is 2.50 bits per heavy atom. The number of likely N-dealkylation sites (tertiary alicyclic amines) is 2. The first-order valence-electron chi connectivity index (χ1n) is 10.7. The van der Waals surface area contributed by atoms with E-state index in [1.165, 1.54) is 0 Å². The molecule has 1 N–H and O–H groups in total. The maximum absolute atomic E-state index is 12.3. The van der Waals surface area contributed by atoms with Crippen LogP contribution in [0.1, 0.15) is 46.0 Å². The average Bonchev–Trinajstić information content (AvgIpc) is 3.13. The van der Waals surface area contributed by atoms with Gasteiger partial charge in [0.15, 0.2) is 5.96 Å². The summed E-state index contributed by atoms with van der Waals surface area (Å²) in [6, 6.07) is 0.0646. The van der Waals surface area contributed by atoms with E-state index in [1.807, 2.05) is 14.1 Å². The lowest BCUT2D eigenvalue weighted by Crippen LogP contribution is -2.47. The highest BCUT2D eigenvalue weighted by Crippen LogP contribution is 2.19. The maximum atomic E-state index is 12.3. The minimum absolute atomic E-state index is 0. The Morgan fingerprint density at radius 2 is 1.89 bits per heavy atom. The van der Waals surface area contributed by atoms with Crippen molar-refractivity contribution in [2.45, 2.75) is 58.1 Å². The van der Waals surface area contributed by atoms with Crippen molar-refractivity contribution in [3.63, 3.8) is 0 Å². The zero-order valence-electron chi connectivity index (χ0n) is 18.2. The fourth-order valence-electron chi connectivity index (χ4n) is 4.03. The number of hydrogen-bond donors (Lipinski definition) is 1. The van der Waals surface area contributed by atoms with Gasteiger partial charge in [0.1, 0.15) is 0 Å². The van der Waals surface area contributed by atoms with Gasteiger partial charge in [-0.05, 0) is 52.5 Å². The van der Waals surface area contributed by atoms with Gasteiger partial charge in [-0.2, -0.15) is 0 Å². The van der Waals surface area contributed by atoms with Crippen LogP contribution in [0.4, 0.5) is 0 Å². The van der Waals surface area contributed by atoms with Crippen molar-refractivity contribution in [3.05, 3.63) is 0 Å². The van der Waals surface area contributed by atoms with Crippen molar-refractivity contribution in [3.8, 4) is 0 Å². The highest BCUT2D eigenvalue weighted by atomic mass is 127. The molecule has 1 amide bonds. The van der Waals surface area contributed by atoms with Crippen LogP contribution < -0.4 is 5.32 Å². The summed E-state index contributed by atoms with van der Waals surface area (Å²) in [5, 5.41) is 3.43. The van der Waals surface area contributed by atoms with Crippen molar-refractivity contribution < 1.29 is 9.53 Å². The molecule has 0 aromatic carbocycles. The Morgan fingerprint density at radius 1 is 1.18 bits per heavy atom. The normalized spacial score (nSPS) is 21.5. The van der Waals surface area contributed by atoms with E-state index >= 15 is 0 Å². The quantitative estimate of drug-likeness (QED) is 0.235. The Labute approximate surface area is 188 Å². The van der Waals surface area contributed by atoms with Gasteiger partial charge in [0.05, 0.1) is 12.1 Å². The van der Waals surface area contributed by atoms with Crippen LogP contribution in [0.5, 0.6) is 0 Å². The molecule has 0 aliphatic carbocycles. The number of ether oxygens (including phenoxy) is 1. The number of rotatable bonds is 8. The monoisotopic (exact) mass is 509 g/mol. The third kappa shape index (κ3) is 7.67. The lowest BCUT2D eigenvalue weighted by molar-refractivity contribution is -0.133. The van der Waals surface area contributed by atoms with Crippen molar-refractivity contribution in [2.24, 2.45) is 4.99 Å². The molecule has 2 rings (SSSR count). The van der Waals surface area contributed by atoms with Crippen LogP contribution in [-0.4, -0.2) is 98.7 Å². The van der Waals surface area contributed by atoms with Gasteiger partial charge in [-0.3, -0.25) is 14.7 Å². The molecule has 0 aromatic heterocycles. The van der Waals surface area contributed by atoms with Gasteiger partial charge in [-0.1, -0.05) is 0 Å². The van der Waals surface area contributed by atoms with Crippen molar-refractivity contribution in [1.82, 2.24) is 20.0 Å². The van der Waals surface area contributed by atoms with Crippen LogP contribution in [0.15, 0.2) is 4.99 Å². The number of amides is 1. The van der Waals surface area contributed by atoms with Gasteiger partial charge < -0.3 is 19.9 Å². The summed E-state index contributed by atoms with van der Waals surface area (Å²) < 4.78 is 5.75. The third-order valence-corrected chi connectivity index (χ3v) is 5.43. The van der Waals surface area contributed by atoms with Gasteiger partial charge in [-0.15, -0.1) is 24.0 Å². The molecule has 2 heterocycles. The summed E-state index contributed by atoms with van der Waals surface area (Å²) in [5.74, 6) is 1.26. The lowest BCUT2D eigenvalue weighted by Gasteiger charge is -2.34. The van der Waals surface area contributed by atoms with Crippen molar-refractivity contribution in [1.29, 1.82) is 0 Å². The number of hydrogen-bond acceptors (Lipinski definition) is 4. The molecule has 164 valence electrons. The summed E-state index contributed by atoms with van der Waals surface area (Å²) in [6.07, 6.45) is 5.63. The molecule has 7 nitrogen and oxygen atoms in total. The molecule has 0 radical (unpaired) electrons. The smallest absolute Gasteiger partial charge is 0.239 e. The summed E-state index contributed by atoms with van der Waals surface area (Å²) in [4.78, 5) is 23.5. The molecule has 0 spiro atoms. The van der Waals surface area contributed by atoms with Gasteiger partial charge in [0.2, 0.25) is 5.91 Å². The Balaban J connectivity index is 0.00000392. The fraction of sp³-hybridized carbons (Fsp3) is 0.900. The molecular weight excluding hydrogens is 469 g/mol. The molecule has 1 unspecified atom stereocenters. The first kappa shape index (κ1) is 25.4. The number of nitrogens with zero attached hydrogens (tertiary/aromatic N) is 4. The highest BCUT2D eigenvalue weighted by molar-refractivity contribution is 14.0. The number of carbonyl (C=O) groups excluding carboxylic acids is 1. The number of nitrogens with one attached hydrogen (secondary N) is 1. The summed E-state index contributed by atoms with van der Waals surface area (Å²) in [7, 11) is 3.70. The first-order valence-corrected chi connectivity index (χ1v) is 10.7. The van der Waals surface area contributed by atoms with Gasteiger partial charge in [0, 0.05) is 53.4 Å². The minimum Gasteiger partial charge on any atom is -0.378 e. The van der Waals surface area contributed by atoms with Gasteiger partial charge in [-0.25, -0.2) is 0 Å². The number of piperidine rings is 1. The number of carbonyl (C=O) groups is 1. The van der Waals surface area contributed by atoms with E-state index in [0.717, 1.165) is 83.9 Å². The van der Waals surface area contributed by atoms with E-state index in [2.05, 4.69) is 29.0 Å². The molecule has 2 aliphatic heterocycles.